The highest BCUT2D eigenvalue weighted by Gasteiger charge is 2.16. The Kier molecular flexibility index (Phi) is 13.2. The minimum absolute atomic E-state index is 0.172. The van der Waals surface area contributed by atoms with E-state index >= 15 is 0 Å². The first-order valence-corrected chi connectivity index (χ1v) is 15.1. The topological polar surface area (TPSA) is 116 Å². The highest BCUT2D eigenvalue weighted by molar-refractivity contribution is 8.69. The quantitative estimate of drug-likeness (QED) is 0.276. The van der Waals surface area contributed by atoms with Crippen LogP contribution in [-0.4, -0.2) is 62.2 Å². The van der Waals surface area contributed by atoms with Crippen molar-refractivity contribution in [2.75, 3.05) is 35.2 Å². The second kappa shape index (κ2) is 16.3. The summed E-state index contributed by atoms with van der Waals surface area (Å²) >= 11 is 0. The van der Waals surface area contributed by atoms with Gasteiger partial charge in [-0.05, 0) is 38.1 Å². The van der Waals surface area contributed by atoms with Gasteiger partial charge in [0, 0.05) is 67.6 Å². The minimum Gasteiger partial charge on any atom is -0.322 e. The number of anilines is 2. The molecule has 208 valence electrons. The van der Waals surface area contributed by atoms with Crippen LogP contribution < -0.4 is 10.6 Å². The van der Waals surface area contributed by atoms with Crippen molar-refractivity contribution in [3.05, 3.63) is 84.2 Å². The average Bonchev–Trinajstić information content (AvgIpc) is 2.87. The number of hydrogen-bond donors (Lipinski definition) is 2. The molecule has 0 radical (unpaired) electrons. The average molecular weight is 571 g/mol. The van der Waals surface area contributed by atoms with Crippen molar-refractivity contribution in [1.82, 2.24) is 9.80 Å². The number of nitrogens with zero attached hydrogens (tertiary/aromatic N) is 2. The van der Waals surface area contributed by atoms with Crippen LogP contribution in [0.1, 0.15) is 27.7 Å². The predicted molar refractivity (Wildman–Crippen MR) is 158 cm³/mol. The SMILES string of the molecule is CC(=O)N(CCSS(=O)CCN(C(C)=O)/C(C)=C/C(=O)Nc1ccccc1)/C(C)=C/C(=O)Nc1ccccc1. The molecule has 2 rings (SSSR count). The van der Waals surface area contributed by atoms with Crippen LogP contribution in [0.3, 0.4) is 0 Å². The normalized spacial score (nSPS) is 12.3. The molecule has 11 heteroatoms. The fraction of sp³-hybridized carbons (Fsp3) is 0.286. The Balaban J connectivity index is 1.86. The predicted octanol–water partition coefficient (Wildman–Crippen LogP) is 4.17. The summed E-state index contributed by atoms with van der Waals surface area (Å²) in [6.07, 6.45) is 2.68. The molecule has 9 nitrogen and oxygen atoms in total. The molecule has 0 aliphatic carbocycles. The first kappa shape index (κ1) is 31.5. The molecule has 0 saturated heterocycles. The molecule has 2 aromatic rings. The van der Waals surface area contributed by atoms with Gasteiger partial charge in [0.1, 0.15) is 0 Å². The zero-order chi connectivity index (χ0) is 28.8. The lowest BCUT2D eigenvalue weighted by molar-refractivity contribution is -0.127. The Hall–Kier alpha value is -3.70. The Labute approximate surface area is 235 Å². The van der Waals surface area contributed by atoms with Gasteiger partial charge in [-0.3, -0.25) is 19.2 Å². The minimum atomic E-state index is -1.34. The van der Waals surface area contributed by atoms with Crippen molar-refractivity contribution in [2.24, 2.45) is 0 Å². The van der Waals surface area contributed by atoms with Gasteiger partial charge in [-0.25, -0.2) is 4.21 Å². The van der Waals surface area contributed by atoms with Gasteiger partial charge < -0.3 is 20.4 Å². The van der Waals surface area contributed by atoms with Crippen molar-refractivity contribution in [3.8, 4) is 0 Å². The number of rotatable bonds is 13. The standard InChI is InChI=1S/C28H34N4O5S2/c1-21(19-27(35)29-25-11-7-5-8-12-25)31(23(3)33)15-17-38-39(37)18-16-32(24(4)34)22(2)20-28(36)30-26-13-9-6-10-14-26/h5-14,19-20H,15-18H2,1-4H3,(H,29,35)(H,30,36)/b21-19+,22-20+. The van der Waals surface area contributed by atoms with Gasteiger partial charge in [0.25, 0.3) is 0 Å². The maximum Gasteiger partial charge on any atom is 0.250 e. The lowest BCUT2D eigenvalue weighted by Crippen LogP contribution is -2.32. The molecule has 39 heavy (non-hydrogen) atoms. The summed E-state index contributed by atoms with van der Waals surface area (Å²) in [5, 5.41) is 5.47. The summed E-state index contributed by atoms with van der Waals surface area (Å²) in [5.41, 5.74) is 2.20. The van der Waals surface area contributed by atoms with Crippen LogP contribution in [0.5, 0.6) is 0 Å². The molecular weight excluding hydrogens is 536 g/mol. The van der Waals surface area contributed by atoms with E-state index in [4.69, 9.17) is 0 Å². The molecule has 2 N–H and O–H groups in total. The third-order valence-electron chi connectivity index (χ3n) is 5.39. The van der Waals surface area contributed by atoms with E-state index in [1.54, 1.807) is 62.4 Å². The van der Waals surface area contributed by atoms with Crippen LogP contribution in [0.2, 0.25) is 0 Å². The molecule has 4 amide bonds. The van der Waals surface area contributed by atoms with Crippen molar-refractivity contribution in [1.29, 1.82) is 0 Å². The van der Waals surface area contributed by atoms with Crippen molar-refractivity contribution in [3.63, 3.8) is 0 Å². The molecule has 1 atom stereocenters. The second-order valence-electron chi connectivity index (χ2n) is 8.45. The Morgan fingerprint density at radius 3 is 1.54 bits per heavy atom. The van der Waals surface area contributed by atoms with Gasteiger partial charge in [0.15, 0.2) is 0 Å². The Morgan fingerprint density at radius 2 is 1.13 bits per heavy atom. The van der Waals surface area contributed by atoms with Crippen LogP contribution in [0, 0.1) is 0 Å². The van der Waals surface area contributed by atoms with Crippen molar-refractivity contribution < 1.29 is 23.4 Å². The third kappa shape index (κ3) is 11.7. The number of allylic oxidation sites excluding steroid dienone is 2. The van der Waals surface area contributed by atoms with E-state index in [1.165, 1.54) is 35.8 Å². The first-order chi connectivity index (χ1) is 18.6. The summed E-state index contributed by atoms with van der Waals surface area (Å²) in [4.78, 5) is 51.8. The van der Waals surface area contributed by atoms with E-state index in [0.717, 1.165) is 10.8 Å². The highest BCUT2D eigenvalue weighted by atomic mass is 33.1. The summed E-state index contributed by atoms with van der Waals surface area (Å²) in [6.45, 7) is 6.54. The van der Waals surface area contributed by atoms with Gasteiger partial charge in [-0.15, -0.1) is 0 Å². The number of benzene rings is 2. The Bertz CT molecular complexity index is 1230. The molecule has 0 aromatic heterocycles. The monoisotopic (exact) mass is 570 g/mol. The summed E-state index contributed by atoms with van der Waals surface area (Å²) in [6, 6.07) is 17.9. The van der Waals surface area contributed by atoms with E-state index in [-0.39, 0.29) is 42.5 Å². The molecule has 0 fully saturated rings. The first-order valence-electron chi connectivity index (χ1n) is 12.2. The zero-order valence-electron chi connectivity index (χ0n) is 22.5. The van der Waals surface area contributed by atoms with E-state index < -0.39 is 9.83 Å². The molecule has 0 spiro atoms. The molecule has 2 aromatic carbocycles. The van der Waals surface area contributed by atoms with Crippen LogP contribution in [0.4, 0.5) is 11.4 Å². The molecule has 1 unspecified atom stereocenters. The smallest absolute Gasteiger partial charge is 0.250 e. The van der Waals surface area contributed by atoms with Crippen LogP contribution in [0.15, 0.2) is 84.2 Å². The zero-order valence-corrected chi connectivity index (χ0v) is 24.1. The lowest BCUT2D eigenvalue weighted by Gasteiger charge is -2.22. The molecule has 0 aliphatic rings. The van der Waals surface area contributed by atoms with E-state index in [1.807, 2.05) is 12.1 Å². The van der Waals surface area contributed by atoms with Gasteiger partial charge in [-0.2, -0.15) is 0 Å². The summed E-state index contributed by atoms with van der Waals surface area (Å²) < 4.78 is 12.6. The fourth-order valence-corrected chi connectivity index (χ4v) is 5.80. The molecule has 0 saturated carbocycles. The summed E-state index contributed by atoms with van der Waals surface area (Å²) in [7, 11) is -0.184. The van der Waals surface area contributed by atoms with Gasteiger partial charge in [0.05, 0.1) is 15.6 Å². The number of carbonyl (C=O) groups excluding carboxylic acids is 4. The lowest BCUT2D eigenvalue weighted by atomic mass is 10.3. The van der Waals surface area contributed by atoms with Gasteiger partial charge >= 0.3 is 0 Å². The molecular formula is C28H34N4O5S2. The van der Waals surface area contributed by atoms with E-state index in [9.17, 15) is 23.4 Å². The number of hydrogen-bond acceptors (Lipinski definition) is 6. The van der Waals surface area contributed by atoms with E-state index in [2.05, 4.69) is 10.6 Å². The molecule has 0 bridgehead atoms. The van der Waals surface area contributed by atoms with Crippen LogP contribution in [0.25, 0.3) is 0 Å². The largest absolute Gasteiger partial charge is 0.322 e. The van der Waals surface area contributed by atoms with Gasteiger partial charge in [0.2, 0.25) is 23.6 Å². The van der Waals surface area contributed by atoms with Crippen LogP contribution >= 0.6 is 10.8 Å². The number of nitrogens with one attached hydrogen (secondary N) is 2. The molecule has 0 heterocycles. The van der Waals surface area contributed by atoms with Crippen molar-refractivity contribution >= 4 is 55.6 Å². The summed E-state index contributed by atoms with van der Waals surface area (Å²) in [5.74, 6) is -0.677. The van der Waals surface area contributed by atoms with E-state index in [0.29, 0.717) is 28.5 Å². The maximum absolute atomic E-state index is 12.6. The second-order valence-corrected chi connectivity index (χ2v) is 11.9. The molecule has 0 aliphatic heterocycles. The number of para-hydroxylation sites is 2. The number of carbonyl (C=O) groups is 4. The Morgan fingerprint density at radius 1 is 0.718 bits per heavy atom. The fourth-order valence-electron chi connectivity index (χ4n) is 3.55. The highest BCUT2D eigenvalue weighted by Crippen LogP contribution is 2.14. The maximum atomic E-state index is 12.6. The van der Waals surface area contributed by atoms with Gasteiger partial charge in [-0.1, -0.05) is 47.2 Å². The van der Waals surface area contributed by atoms with Crippen molar-refractivity contribution in [2.45, 2.75) is 27.7 Å². The van der Waals surface area contributed by atoms with Crippen LogP contribution in [-0.2, 0) is 29.0 Å². The number of amides is 4. The third-order valence-corrected chi connectivity index (χ3v) is 8.30.